The fourth-order valence-corrected chi connectivity index (χ4v) is 1.09. The van der Waals surface area contributed by atoms with Crippen molar-refractivity contribution >= 4 is 5.91 Å². The van der Waals surface area contributed by atoms with E-state index in [1.165, 1.54) is 0 Å². The topological polar surface area (TPSA) is 55.1 Å². The van der Waals surface area contributed by atoms with Crippen LogP contribution in [0.2, 0.25) is 0 Å². The highest BCUT2D eigenvalue weighted by Gasteiger charge is 2.14. The predicted octanol–water partition coefficient (Wildman–Crippen LogP) is 0.910. The third kappa shape index (κ3) is 5.42. The molecule has 0 aliphatic carbocycles. The van der Waals surface area contributed by atoms with Crippen molar-refractivity contribution in [2.45, 2.75) is 20.3 Å². The zero-order chi connectivity index (χ0) is 10.3. The fourth-order valence-electron chi connectivity index (χ4n) is 1.09. The molecule has 1 atom stereocenters. The van der Waals surface area contributed by atoms with Gasteiger partial charge in [-0.15, -0.1) is 6.58 Å². The molecule has 0 saturated heterocycles. The Bertz CT molecular complexity index is 166. The maximum atomic E-state index is 11.3. The van der Waals surface area contributed by atoms with Crippen molar-refractivity contribution < 1.29 is 4.79 Å². The van der Waals surface area contributed by atoms with E-state index in [4.69, 9.17) is 5.73 Å². The van der Waals surface area contributed by atoms with Crippen LogP contribution in [0.1, 0.15) is 20.3 Å². The number of hydrogen-bond donors (Lipinski definition) is 2. The lowest BCUT2D eigenvalue weighted by atomic mass is 9.92. The Balaban J connectivity index is 3.79. The first-order chi connectivity index (χ1) is 6.11. The van der Waals surface area contributed by atoms with Crippen molar-refractivity contribution in [3.63, 3.8) is 0 Å². The molecular weight excluding hydrogens is 164 g/mol. The van der Waals surface area contributed by atoms with E-state index in [1.54, 1.807) is 6.08 Å². The molecule has 0 heterocycles. The molecule has 0 aliphatic rings. The fraction of sp³-hybridized carbons (Fsp3) is 0.700. The standard InChI is InChI=1S/C10H20N2O/c1-4-5-12-10(13)6-9(7-11)8(2)3/h4,8-9H,1,5-7,11H2,2-3H3,(H,12,13). The highest BCUT2D eigenvalue weighted by Crippen LogP contribution is 2.12. The summed E-state index contributed by atoms with van der Waals surface area (Å²) in [5.74, 6) is 0.799. The quantitative estimate of drug-likeness (QED) is 0.603. The van der Waals surface area contributed by atoms with Gasteiger partial charge in [0.05, 0.1) is 0 Å². The number of nitrogens with two attached hydrogens (primary N) is 1. The van der Waals surface area contributed by atoms with Gasteiger partial charge in [-0.1, -0.05) is 19.9 Å². The van der Waals surface area contributed by atoms with Gasteiger partial charge in [0.15, 0.2) is 0 Å². The SMILES string of the molecule is C=CCNC(=O)CC(CN)C(C)C. The van der Waals surface area contributed by atoms with Crippen LogP contribution >= 0.6 is 0 Å². The summed E-state index contributed by atoms with van der Waals surface area (Å²) >= 11 is 0. The molecule has 0 fully saturated rings. The van der Waals surface area contributed by atoms with E-state index in [1.807, 2.05) is 0 Å². The lowest BCUT2D eigenvalue weighted by Crippen LogP contribution is -2.30. The monoisotopic (exact) mass is 184 g/mol. The molecule has 0 aromatic rings. The van der Waals surface area contributed by atoms with Gasteiger partial charge in [0.1, 0.15) is 0 Å². The molecule has 0 spiro atoms. The smallest absolute Gasteiger partial charge is 0.220 e. The summed E-state index contributed by atoms with van der Waals surface area (Å²) in [6.07, 6.45) is 2.19. The van der Waals surface area contributed by atoms with Crippen molar-refractivity contribution in [1.29, 1.82) is 0 Å². The first kappa shape index (κ1) is 12.2. The molecule has 1 amide bonds. The van der Waals surface area contributed by atoms with Crippen LogP contribution in [0, 0.1) is 11.8 Å². The number of hydrogen-bond acceptors (Lipinski definition) is 2. The van der Waals surface area contributed by atoms with Gasteiger partial charge in [0.2, 0.25) is 5.91 Å². The van der Waals surface area contributed by atoms with Gasteiger partial charge >= 0.3 is 0 Å². The molecule has 76 valence electrons. The van der Waals surface area contributed by atoms with Gasteiger partial charge in [0, 0.05) is 13.0 Å². The summed E-state index contributed by atoms with van der Waals surface area (Å²) < 4.78 is 0. The van der Waals surface area contributed by atoms with Gasteiger partial charge in [-0.05, 0) is 18.4 Å². The van der Waals surface area contributed by atoms with Crippen molar-refractivity contribution in [3.8, 4) is 0 Å². The Labute approximate surface area is 80.4 Å². The van der Waals surface area contributed by atoms with Crippen LogP contribution in [0.4, 0.5) is 0 Å². The molecule has 13 heavy (non-hydrogen) atoms. The molecular formula is C10H20N2O. The average Bonchev–Trinajstić information content (AvgIpc) is 2.10. The summed E-state index contributed by atoms with van der Waals surface area (Å²) in [7, 11) is 0. The molecule has 0 aromatic carbocycles. The second-order valence-corrected chi connectivity index (χ2v) is 3.54. The minimum absolute atomic E-state index is 0.0593. The number of rotatable bonds is 6. The van der Waals surface area contributed by atoms with Gasteiger partial charge in [-0.3, -0.25) is 4.79 Å². The number of carbonyl (C=O) groups is 1. The van der Waals surface area contributed by atoms with E-state index in [0.717, 1.165) is 0 Å². The van der Waals surface area contributed by atoms with Gasteiger partial charge in [0.25, 0.3) is 0 Å². The largest absolute Gasteiger partial charge is 0.353 e. The highest BCUT2D eigenvalue weighted by molar-refractivity contribution is 5.76. The normalized spacial score (nSPS) is 12.6. The minimum Gasteiger partial charge on any atom is -0.353 e. The molecule has 0 radical (unpaired) electrons. The third-order valence-corrected chi connectivity index (χ3v) is 2.14. The van der Waals surface area contributed by atoms with Crippen LogP contribution in [0.5, 0.6) is 0 Å². The number of amides is 1. The lowest BCUT2D eigenvalue weighted by Gasteiger charge is -2.17. The molecule has 0 rings (SSSR count). The van der Waals surface area contributed by atoms with Crippen molar-refractivity contribution in [2.24, 2.45) is 17.6 Å². The Morgan fingerprint density at radius 2 is 2.23 bits per heavy atom. The zero-order valence-corrected chi connectivity index (χ0v) is 8.55. The van der Waals surface area contributed by atoms with Gasteiger partial charge < -0.3 is 11.1 Å². The molecule has 3 nitrogen and oxygen atoms in total. The predicted molar refractivity (Wildman–Crippen MR) is 55.2 cm³/mol. The van der Waals surface area contributed by atoms with E-state index >= 15 is 0 Å². The van der Waals surface area contributed by atoms with E-state index in [-0.39, 0.29) is 11.8 Å². The average molecular weight is 184 g/mol. The van der Waals surface area contributed by atoms with Crippen molar-refractivity contribution in [2.75, 3.05) is 13.1 Å². The molecule has 0 aliphatic heterocycles. The molecule has 0 saturated carbocycles. The van der Waals surface area contributed by atoms with E-state index in [9.17, 15) is 4.79 Å². The Morgan fingerprint density at radius 1 is 1.62 bits per heavy atom. The molecule has 3 heteroatoms. The summed E-state index contributed by atoms with van der Waals surface area (Å²) in [6, 6.07) is 0. The molecule has 3 N–H and O–H groups in total. The minimum atomic E-state index is 0.0593. The van der Waals surface area contributed by atoms with E-state index in [0.29, 0.717) is 25.4 Å². The van der Waals surface area contributed by atoms with Crippen LogP contribution in [0.15, 0.2) is 12.7 Å². The first-order valence-corrected chi connectivity index (χ1v) is 4.69. The van der Waals surface area contributed by atoms with Crippen LogP contribution in [-0.4, -0.2) is 19.0 Å². The maximum absolute atomic E-state index is 11.3. The lowest BCUT2D eigenvalue weighted by molar-refractivity contribution is -0.122. The first-order valence-electron chi connectivity index (χ1n) is 4.69. The number of carbonyl (C=O) groups excluding carboxylic acids is 1. The van der Waals surface area contributed by atoms with Crippen LogP contribution in [0.3, 0.4) is 0 Å². The van der Waals surface area contributed by atoms with E-state index in [2.05, 4.69) is 25.7 Å². The third-order valence-electron chi connectivity index (χ3n) is 2.14. The van der Waals surface area contributed by atoms with Gasteiger partial charge in [-0.25, -0.2) is 0 Å². The van der Waals surface area contributed by atoms with Crippen molar-refractivity contribution in [1.82, 2.24) is 5.32 Å². The molecule has 1 unspecified atom stereocenters. The second-order valence-electron chi connectivity index (χ2n) is 3.54. The van der Waals surface area contributed by atoms with Gasteiger partial charge in [-0.2, -0.15) is 0 Å². The van der Waals surface area contributed by atoms with Crippen LogP contribution < -0.4 is 11.1 Å². The van der Waals surface area contributed by atoms with Crippen molar-refractivity contribution in [3.05, 3.63) is 12.7 Å². The highest BCUT2D eigenvalue weighted by atomic mass is 16.1. The summed E-state index contributed by atoms with van der Waals surface area (Å²) in [5.41, 5.74) is 5.55. The molecule has 0 bridgehead atoms. The zero-order valence-electron chi connectivity index (χ0n) is 8.55. The van der Waals surface area contributed by atoms with E-state index < -0.39 is 0 Å². The number of nitrogens with one attached hydrogen (secondary N) is 1. The second kappa shape index (κ2) is 6.66. The summed E-state index contributed by atoms with van der Waals surface area (Å²) in [6.45, 7) is 8.80. The van der Waals surface area contributed by atoms with Crippen LogP contribution in [0.25, 0.3) is 0 Å². The summed E-state index contributed by atoms with van der Waals surface area (Å²) in [5, 5.41) is 2.74. The summed E-state index contributed by atoms with van der Waals surface area (Å²) in [4.78, 5) is 11.3. The molecule has 0 aromatic heterocycles. The van der Waals surface area contributed by atoms with Crippen LogP contribution in [-0.2, 0) is 4.79 Å². The Morgan fingerprint density at radius 3 is 2.62 bits per heavy atom. The Hall–Kier alpha value is -0.830. The Kier molecular flexibility index (Phi) is 6.24. The maximum Gasteiger partial charge on any atom is 0.220 e.